The van der Waals surface area contributed by atoms with Crippen LogP contribution >= 0.6 is 11.3 Å². The SMILES string of the molecule is Cc1[nH]n(-c2nc3ccc(F)cc3s2)c(=O)c1CC(=O)O. The van der Waals surface area contributed by atoms with Crippen LogP contribution in [0.2, 0.25) is 0 Å². The predicted molar refractivity (Wildman–Crippen MR) is 75.6 cm³/mol. The maximum atomic E-state index is 13.2. The van der Waals surface area contributed by atoms with Gasteiger partial charge in [0.2, 0.25) is 5.13 Å². The fraction of sp³-hybridized carbons (Fsp3) is 0.154. The smallest absolute Gasteiger partial charge is 0.308 e. The van der Waals surface area contributed by atoms with E-state index >= 15 is 0 Å². The third kappa shape index (κ3) is 2.33. The van der Waals surface area contributed by atoms with Crippen LogP contribution in [0.3, 0.4) is 0 Å². The van der Waals surface area contributed by atoms with Gasteiger partial charge in [-0.1, -0.05) is 11.3 Å². The topological polar surface area (TPSA) is 88.0 Å². The number of halogens is 1. The molecule has 0 saturated carbocycles. The van der Waals surface area contributed by atoms with Gasteiger partial charge in [-0.2, -0.15) is 4.68 Å². The van der Waals surface area contributed by atoms with Crippen LogP contribution in [0, 0.1) is 12.7 Å². The standard InChI is InChI=1S/C13H10FN3O3S/c1-6-8(5-11(18)19)12(20)17(16-6)13-15-9-3-2-7(14)4-10(9)21-13/h2-4,16H,5H2,1H3,(H,18,19). The molecule has 0 spiro atoms. The highest BCUT2D eigenvalue weighted by molar-refractivity contribution is 7.20. The molecule has 0 aliphatic carbocycles. The number of nitrogens with one attached hydrogen (secondary N) is 1. The third-order valence-corrected chi connectivity index (χ3v) is 4.06. The zero-order chi connectivity index (χ0) is 15.1. The number of aromatic nitrogens is 3. The Morgan fingerprint density at radius 3 is 3.00 bits per heavy atom. The van der Waals surface area contributed by atoms with Crippen LogP contribution in [-0.2, 0) is 11.2 Å². The third-order valence-electron chi connectivity index (χ3n) is 3.05. The maximum absolute atomic E-state index is 13.2. The van der Waals surface area contributed by atoms with Crippen molar-refractivity contribution in [2.24, 2.45) is 0 Å². The molecule has 108 valence electrons. The summed E-state index contributed by atoms with van der Waals surface area (Å²) in [7, 11) is 0. The Labute approximate surface area is 121 Å². The fourth-order valence-electron chi connectivity index (χ4n) is 2.06. The van der Waals surface area contributed by atoms with Crippen LogP contribution in [0.4, 0.5) is 4.39 Å². The first-order valence-corrected chi connectivity index (χ1v) is 6.86. The van der Waals surface area contributed by atoms with Gasteiger partial charge in [0.05, 0.1) is 22.2 Å². The molecule has 2 aromatic heterocycles. The molecular formula is C13H10FN3O3S. The Hall–Kier alpha value is -2.48. The lowest BCUT2D eigenvalue weighted by atomic mass is 10.2. The molecule has 0 radical (unpaired) electrons. The van der Waals surface area contributed by atoms with Gasteiger partial charge < -0.3 is 5.11 Å². The lowest BCUT2D eigenvalue weighted by Crippen LogP contribution is -2.19. The summed E-state index contributed by atoms with van der Waals surface area (Å²) in [5.41, 5.74) is 0.797. The average Bonchev–Trinajstić information content (AvgIpc) is 2.93. The monoisotopic (exact) mass is 307 g/mol. The summed E-state index contributed by atoms with van der Waals surface area (Å²) in [6.45, 7) is 1.63. The number of aromatic amines is 1. The van der Waals surface area contributed by atoms with E-state index in [1.54, 1.807) is 6.92 Å². The highest BCUT2D eigenvalue weighted by atomic mass is 32.1. The quantitative estimate of drug-likeness (QED) is 0.773. The summed E-state index contributed by atoms with van der Waals surface area (Å²) in [5.74, 6) is -1.45. The number of hydrogen-bond donors (Lipinski definition) is 2. The van der Waals surface area contributed by atoms with Crippen molar-refractivity contribution in [3.8, 4) is 5.13 Å². The number of aliphatic carboxylic acids is 1. The molecule has 0 saturated heterocycles. The Kier molecular flexibility index (Phi) is 3.09. The second kappa shape index (κ2) is 4.81. The zero-order valence-corrected chi connectivity index (χ0v) is 11.7. The fourth-order valence-corrected chi connectivity index (χ4v) is 3.01. The van der Waals surface area contributed by atoms with Crippen molar-refractivity contribution in [3.05, 3.63) is 45.6 Å². The number of thiazole rings is 1. The molecule has 2 heterocycles. The van der Waals surface area contributed by atoms with Crippen molar-refractivity contribution in [1.82, 2.24) is 14.8 Å². The first kappa shape index (κ1) is 13.5. The first-order chi connectivity index (χ1) is 9.95. The van der Waals surface area contributed by atoms with Gasteiger partial charge in [0, 0.05) is 5.69 Å². The van der Waals surface area contributed by atoms with E-state index in [9.17, 15) is 14.0 Å². The maximum Gasteiger partial charge on any atom is 0.308 e. The van der Waals surface area contributed by atoms with Crippen LogP contribution < -0.4 is 5.56 Å². The minimum absolute atomic E-state index is 0.188. The molecule has 3 rings (SSSR count). The van der Waals surface area contributed by atoms with Gasteiger partial charge in [0.1, 0.15) is 5.82 Å². The van der Waals surface area contributed by atoms with E-state index in [0.717, 1.165) is 11.3 Å². The molecule has 1 aromatic carbocycles. The summed E-state index contributed by atoms with van der Waals surface area (Å²) < 4.78 is 15.0. The van der Waals surface area contributed by atoms with Gasteiger partial charge >= 0.3 is 5.97 Å². The summed E-state index contributed by atoms with van der Waals surface area (Å²) in [5, 5.41) is 12.0. The number of rotatable bonds is 3. The van der Waals surface area contributed by atoms with Crippen LogP contribution in [0.25, 0.3) is 15.3 Å². The number of fused-ring (bicyclic) bond motifs is 1. The van der Waals surface area contributed by atoms with Crippen LogP contribution in [-0.4, -0.2) is 25.8 Å². The van der Waals surface area contributed by atoms with E-state index < -0.39 is 11.5 Å². The second-order valence-electron chi connectivity index (χ2n) is 4.53. The highest BCUT2D eigenvalue weighted by Gasteiger charge is 2.17. The van der Waals surface area contributed by atoms with Gasteiger partial charge in [-0.25, -0.2) is 9.37 Å². The molecule has 2 N–H and O–H groups in total. The molecule has 0 atom stereocenters. The van der Waals surface area contributed by atoms with Crippen molar-refractivity contribution in [1.29, 1.82) is 0 Å². The van der Waals surface area contributed by atoms with Crippen LogP contribution in [0.15, 0.2) is 23.0 Å². The van der Waals surface area contributed by atoms with E-state index in [-0.39, 0.29) is 17.8 Å². The van der Waals surface area contributed by atoms with Gasteiger partial charge in [-0.05, 0) is 25.1 Å². The molecule has 3 aromatic rings. The van der Waals surface area contributed by atoms with Gasteiger partial charge in [-0.15, -0.1) is 0 Å². The molecule has 0 aliphatic heterocycles. The molecule has 0 unspecified atom stereocenters. The van der Waals surface area contributed by atoms with E-state index in [2.05, 4.69) is 10.1 Å². The summed E-state index contributed by atoms with van der Waals surface area (Å²) in [6.07, 6.45) is -0.353. The lowest BCUT2D eigenvalue weighted by Gasteiger charge is -1.92. The number of H-pyrrole nitrogens is 1. The predicted octanol–water partition coefficient (Wildman–Crippen LogP) is 1.85. The second-order valence-corrected chi connectivity index (χ2v) is 5.54. The van der Waals surface area contributed by atoms with Crippen molar-refractivity contribution in [2.45, 2.75) is 13.3 Å². The van der Waals surface area contributed by atoms with E-state index in [1.807, 2.05) is 0 Å². The number of carboxylic acids is 1. The summed E-state index contributed by atoms with van der Waals surface area (Å²) in [6, 6.07) is 4.17. The number of hydrogen-bond acceptors (Lipinski definition) is 4. The molecule has 8 heteroatoms. The zero-order valence-electron chi connectivity index (χ0n) is 10.9. The number of benzene rings is 1. The summed E-state index contributed by atoms with van der Waals surface area (Å²) in [4.78, 5) is 27.3. The van der Waals surface area contributed by atoms with Crippen LogP contribution in [0.1, 0.15) is 11.3 Å². The van der Waals surface area contributed by atoms with Crippen molar-refractivity contribution >= 4 is 27.5 Å². The Morgan fingerprint density at radius 2 is 2.29 bits per heavy atom. The van der Waals surface area contributed by atoms with E-state index in [1.165, 1.54) is 22.9 Å². The largest absolute Gasteiger partial charge is 0.481 e. The molecule has 0 fully saturated rings. The van der Waals surface area contributed by atoms with E-state index in [0.29, 0.717) is 21.0 Å². The van der Waals surface area contributed by atoms with Gasteiger partial charge in [0.15, 0.2) is 0 Å². The minimum atomic E-state index is -1.08. The molecular weight excluding hydrogens is 297 g/mol. The van der Waals surface area contributed by atoms with Gasteiger partial charge in [0.25, 0.3) is 5.56 Å². The summed E-state index contributed by atoms with van der Waals surface area (Å²) >= 11 is 1.15. The number of carbonyl (C=O) groups is 1. The molecule has 0 bridgehead atoms. The Bertz CT molecular complexity index is 909. The Balaban J connectivity index is 2.14. The van der Waals surface area contributed by atoms with Crippen molar-refractivity contribution in [3.63, 3.8) is 0 Å². The van der Waals surface area contributed by atoms with Crippen LogP contribution in [0.5, 0.6) is 0 Å². The molecule has 0 aliphatic rings. The number of nitrogens with zero attached hydrogens (tertiary/aromatic N) is 2. The first-order valence-electron chi connectivity index (χ1n) is 6.04. The number of aryl methyl sites for hydroxylation is 1. The number of carboxylic acid groups (broad SMARTS) is 1. The minimum Gasteiger partial charge on any atom is -0.481 e. The van der Waals surface area contributed by atoms with Crippen molar-refractivity contribution in [2.75, 3.05) is 0 Å². The molecule has 0 amide bonds. The normalized spacial score (nSPS) is 11.1. The molecule has 6 nitrogen and oxygen atoms in total. The lowest BCUT2D eigenvalue weighted by molar-refractivity contribution is -0.136. The molecule has 21 heavy (non-hydrogen) atoms. The highest BCUT2D eigenvalue weighted by Crippen LogP contribution is 2.24. The van der Waals surface area contributed by atoms with E-state index in [4.69, 9.17) is 5.11 Å². The van der Waals surface area contributed by atoms with Crippen molar-refractivity contribution < 1.29 is 14.3 Å². The average molecular weight is 307 g/mol. The Morgan fingerprint density at radius 1 is 1.52 bits per heavy atom. The van der Waals surface area contributed by atoms with Gasteiger partial charge in [-0.3, -0.25) is 14.7 Å².